The Labute approximate surface area is 104 Å². The van der Waals surface area contributed by atoms with Gasteiger partial charge >= 0.3 is 0 Å². The first-order chi connectivity index (χ1) is 8.11. The molecule has 3 N–H and O–H groups in total. The Bertz CT molecular complexity index is 558. The van der Waals surface area contributed by atoms with Crippen molar-refractivity contribution in [1.82, 2.24) is 19.9 Å². The van der Waals surface area contributed by atoms with E-state index in [1.165, 1.54) is 4.91 Å². The first-order valence-corrected chi connectivity index (χ1v) is 6.56. The molecule has 0 fully saturated rings. The maximum absolute atomic E-state index is 5.84. The van der Waals surface area contributed by atoms with Gasteiger partial charge in [-0.25, -0.2) is 15.0 Å². The minimum Gasteiger partial charge on any atom is -0.382 e. The number of hydrogen-bond acceptors (Lipinski definition) is 5. The van der Waals surface area contributed by atoms with Crippen LogP contribution in [0.4, 0.5) is 5.82 Å². The number of aromatic nitrogens is 4. The van der Waals surface area contributed by atoms with Crippen molar-refractivity contribution in [3.8, 4) is 0 Å². The zero-order chi connectivity index (χ0) is 12.4. The number of allylic oxidation sites excluding steroid dienone is 1. The van der Waals surface area contributed by atoms with Crippen molar-refractivity contribution in [2.24, 2.45) is 5.92 Å². The van der Waals surface area contributed by atoms with Crippen LogP contribution in [-0.2, 0) is 0 Å². The molecule has 0 radical (unpaired) electrons. The SMILES string of the molecule is CS/C(=C\c1nc(N)c2[nH]cnc2n1)C(C)C. The van der Waals surface area contributed by atoms with Crippen LogP contribution in [0, 0.1) is 5.92 Å². The number of hydrogen-bond donors (Lipinski definition) is 2. The van der Waals surface area contributed by atoms with Gasteiger partial charge in [-0.2, -0.15) is 0 Å². The van der Waals surface area contributed by atoms with E-state index in [-0.39, 0.29) is 0 Å². The molecule has 0 bridgehead atoms. The number of nitrogens with one attached hydrogen (secondary N) is 1. The second-order valence-corrected chi connectivity index (χ2v) is 4.85. The van der Waals surface area contributed by atoms with Crippen LogP contribution in [-0.4, -0.2) is 26.2 Å². The van der Waals surface area contributed by atoms with Crippen LogP contribution < -0.4 is 5.73 Å². The molecule has 17 heavy (non-hydrogen) atoms. The number of fused-ring (bicyclic) bond motifs is 1. The number of rotatable bonds is 3. The summed E-state index contributed by atoms with van der Waals surface area (Å²) in [6, 6.07) is 0. The number of thioether (sulfide) groups is 1. The molecule has 0 aliphatic heterocycles. The van der Waals surface area contributed by atoms with Crippen molar-refractivity contribution in [2.75, 3.05) is 12.0 Å². The van der Waals surface area contributed by atoms with Gasteiger partial charge in [0.1, 0.15) is 5.52 Å². The van der Waals surface area contributed by atoms with Crippen molar-refractivity contribution < 1.29 is 0 Å². The third-order valence-corrected chi connectivity index (χ3v) is 3.47. The van der Waals surface area contributed by atoms with Gasteiger partial charge in [0.25, 0.3) is 0 Å². The molecule has 0 spiro atoms. The van der Waals surface area contributed by atoms with Crippen molar-refractivity contribution in [2.45, 2.75) is 13.8 Å². The van der Waals surface area contributed by atoms with Gasteiger partial charge in [0.2, 0.25) is 0 Å². The maximum atomic E-state index is 5.84. The minimum absolute atomic E-state index is 0.433. The lowest BCUT2D eigenvalue weighted by Crippen LogP contribution is -1.98. The second-order valence-electron chi connectivity index (χ2n) is 3.97. The highest BCUT2D eigenvalue weighted by atomic mass is 32.2. The summed E-state index contributed by atoms with van der Waals surface area (Å²) in [7, 11) is 0. The zero-order valence-corrected chi connectivity index (χ0v) is 10.9. The Hall–Kier alpha value is -1.56. The molecule has 0 saturated heterocycles. The summed E-state index contributed by atoms with van der Waals surface area (Å²) in [5.41, 5.74) is 7.13. The van der Waals surface area contributed by atoms with Crippen LogP contribution in [0.15, 0.2) is 11.2 Å². The van der Waals surface area contributed by atoms with Crippen LogP contribution in [0.3, 0.4) is 0 Å². The highest BCUT2D eigenvalue weighted by molar-refractivity contribution is 8.02. The number of imidazole rings is 1. The monoisotopic (exact) mass is 249 g/mol. The van der Waals surface area contributed by atoms with Gasteiger partial charge in [0.05, 0.1) is 6.33 Å². The van der Waals surface area contributed by atoms with Crippen molar-refractivity contribution in [3.05, 3.63) is 17.1 Å². The first kappa shape index (κ1) is 11.9. The molecule has 0 aliphatic rings. The van der Waals surface area contributed by atoms with Gasteiger partial charge in [0.15, 0.2) is 17.3 Å². The average molecular weight is 249 g/mol. The summed E-state index contributed by atoms with van der Waals surface area (Å²) in [6.07, 6.45) is 5.57. The lowest BCUT2D eigenvalue weighted by atomic mass is 10.2. The van der Waals surface area contributed by atoms with Gasteiger partial charge in [-0.05, 0) is 23.2 Å². The van der Waals surface area contributed by atoms with Gasteiger partial charge < -0.3 is 10.7 Å². The van der Waals surface area contributed by atoms with Crippen LogP contribution >= 0.6 is 11.8 Å². The van der Waals surface area contributed by atoms with E-state index in [4.69, 9.17) is 5.73 Å². The lowest BCUT2D eigenvalue weighted by Gasteiger charge is -2.07. The van der Waals surface area contributed by atoms with Crippen LogP contribution in [0.1, 0.15) is 19.7 Å². The molecule has 6 heteroatoms. The number of nitrogens with two attached hydrogens (primary N) is 1. The van der Waals surface area contributed by atoms with E-state index >= 15 is 0 Å². The summed E-state index contributed by atoms with van der Waals surface area (Å²) in [4.78, 5) is 16.8. The Kier molecular flexibility index (Phi) is 3.33. The van der Waals surface area contributed by atoms with Crippen molar-refractivity contribution >= 4 is 34.8 Å². The molecule has 2 heterocycles. The summed E-state index contributed by atoms with van der Waals surface area (Å²) < 4.78 is 0. The van der Waals surface area contributed by atoms with Gasteiger partial charge in [-0.1, -0.05) is 13.8 Å². The highest BCUT2D eigenvalue weighted by Crippen LogP contribution is 2.24. The molecule has 2 aromatic heterocycles. The standard InChI is InChI=1S/C11H15N5S/c1-6(2)7(17-3)4-8-15-10(12)9-11(16-8)14-5-13-9/h4-6H,1-3H3,(H3,12,13,14,15,16)/b7-4-. The fraction of sp³-hybridized carbons (Fsp3) is 0.364. The molecule has 0 unspecified atom stereocenters. The van der Waals surface area contributed by atoms with E-state index in [9.17, 15) is 0 Å². The Morgan fingerprint density at radius 1 is 1.47 bits per heavy atom. The van der Waals surface area contributed by atoms with Gasteiger partial charge in [0, 0.05) is 0 Å². The molecule has 2 rings (SSSR count). The van der Waals surface area contributed by atoms with Crippen LogP contribution in [0.2, 0.25) is 0 Å². The first-order valence-electron chi connectivity index (χ1n) is 5.34. The minimum atomic E-state index is 0.433. The number of aromatic amines is 1. The third kappa shape index (κ3) is 2.41. The molecule has 90 valence electrons. The second kappa shape index (κ2) is 4.75. The van der Waals surface area contributed by atoms with Gasteiger partial charge in [-0.15, -0.1) is 11.8 Å². The molecule has 0 atom stereocenters. The number of H-pyrrole nitrogens is 1. The normalized spacial score (nSPS) is 12.6. The molecule has 5 nitrogen and oxygen atoms in total. The third-order valence-electron chi connectivity index (χ3n) is 2.41. The maximum Gasteiger partial charge on any atom is 0.183 e. The fourth-order valence-electron chi connectivity index (χ4n) is 1.53. The predicted octanol–water partition coefficient (Wildman–Crippen LogP) is 2.29. The molecule has 2 aromatic rings. The topological polar surface area (TPSA) is 80.5 Å². The van der Waals surface area contributed by atoms with E-state index in [0.29, 0.717) is 28.7 Å². The predicted molar refractivity (Wildman–Crippen MR) is 72.4 cm³/mol. The van der Waals surface area contributed by atoms with E-state index in [1.807, 2.05) is 12.3 Å². The smallest absolute Gasteiger partial charge is 0.183 e. The Balaban J connectivity index is 2.48. The zero-order valence-electron chi connectivity index (χ0n) is 10.1. The Morgan fingerprint density at radius 2 is 2.24 bits per heavy atom. The molecular formula is C11H15N5S. The van der Waals surface area contributed by atoms with Crippen LogP contribution in [0.5, 0.6) is 0 Å². The van der Waals surface area contributed by atoms with E-state index < -0.39 is 0 Å². The number of nitrogens with zero attached hydrogens (tertiary/aromatic N) is 3. The largest absolute Gasteiger partial charge is 0.382 e. The molecule has 0 saturated carbocycles. The fourth-order valence-corrected chi connectivity index (χ4v) is 2.22. The summed E-state index contributed by atoms with van der Waals surface area (Å²) >= 11 is 1.70. The molecular weight excluding hydrogens is 234 g/mol. The molecule has 0 aliphatic carbocycles. The number of nitrogen functional groups attached to an aromatic ring is 1. The van der Waals surface area contributed by atoms with E-state index in [0.717, 1.165) is 0 Å². The summed E-state index contributed by atoms with van der Waals surface area (Å²) in [5, 5.41) is 0. The quantitative estimate of drug-likeness (QED) is 0.872. The van der Waals surface area contributed by atoms with Crippen LogP contribution in [0.25, 0.3) is 17.2 Å². The summed E-state index contributed by atoms with van der Waals surface area (Å²) in [5.74, 6) is 1.49. The number of anilines is 1. The highest BCUT2D eigenvalue weighted by Gasteiger charge is 2.08. The average Bonchev–Trinajstić information content (AvgIpc) is 2.74. The van der Waals surface area contributed by atoms with Crippen molar-refractivity contribution in [1.29, 1.82) is 0 Å². The summed E-state index contributed by atoms with van der Waals surface area (Å²) in [6.45, 7) is 4.28. The van der Waals surface area contributed by atoms with Crippen molar-refractivity contribution in [3.63, 3.8) is 0 Å². The van der Waals surface area contributed by atoms with E-state index in [2.05, 4.69) is 33.8 Å². The Morgan fingerprint density at radius 3 is 2.88 bits per heavy atom. The lowest BCUT2D eigenvalue weighted by molar-refractivity contribution is 0.821. The molecule has 0 aromatic carbocycles. The van der Waals surface area contributed by atoms with E-state index in [1.54, 1.807) is 18.1 Å². The van der Waals surface area contributed by atoms with Gasteiger partial charge in [-0.3, -0.25) is 0 Å². The molecule has 0 amide bonds.